The highest BCUT2D eigenvalue weighted by atomic mass is 16.4. The fourth-order valence-corrected chi connectivity index (χ4v) is 2.04. The molecule has 2 aliphatic rings. The third-order valence-corrected chi connectivity index (χ3v) is 2.80. The minimum absolute atomic E-state index is 0.251. The van der Waals surface area contributed by atoms with Crippen LogP contribution in [0.3, 0.4) is 0 Å². The second-order valence-corrected chi connectivity index (χ2v) is 3.83. The van der Waals surface area contributed by atoms with Crippen LogP contribution in [0.1, 0.15) is 10.4 Å². The van der Waals surface area contributed by atoms with Crippen molar-refractivity contribution in [3.05, 3.63) is 54.1 Å². The summed E-state index contributed by atoms with van der Waals surface area (Å²) in [4.78, 5) is 15.5. The first-order valence-electron chi connectivity index (χ1n) is 5.28. The van der Waals surface area contributed by atoms with E-state index >= 15 is 0 Å². The van der Waals surface area contributed by atoms with E-state index in [4.69, 9.17) is 5.11 Å². The van der Waals surface area contributed by atoms with Gasteiger partial charge in [-0.25, -0.2) is 9.78 Å². The van der Waals surface area contributed by atoms with E-state index in [9.17, 15) is 4.79 Å². The number of aromatic nitrogens is 1. The molecule has 1 aliphatic carbocycles. The van der Waals surface area contributed by atoms with Crippen LogP contribution in [0.5, 0.6) is 0 Å². The predicted octanol–water partition coefficient (Wildman–Crippen LogP) is 3.04. The Hall–Kier alpha value is -2.42. The Morgan fingerprint density at radius 3 is 2.65 bits per heavy atom. The van der Waals surface area contributed by atoms with Crippen molar-refractivity contribution in [2.24, 2.45) is 0 Å². The Kier molecular flexibility index (Phi) is 2.05. The van der Waals surface area contributed by atoms with Gasteiger partial charge < -0.3 is 5.11 Å². The molecule has 0 unspecified atom stereocenters. The predicted molar refractivity (Wildman–Crippen MR) is 65.3 cm³/mol. The Morgan fingerprint density at radius 1 is 1.00 bits per heavy atom. The normalized spacial score (nSPS) is 10.8. The van der Waals surface area contributed by atoms with Gasteiger partial charge in [0, 0.05) is 10.9 Å². The first kappa shape index (κ1) is 9.78. The van der Waals surface area contributed by atoms with Crippen molar-refractivity contribution < 1.29 is 9.90 Å². The molecule has 0 radical (unpaired) electrons. The minimum atomic E-state index is -0.942. The minimum Gasteiger partial charge on any atom is -0.478 e. The summed E-state index contributed by atoms with van der Waals surface area (Å²) < 4.78 is 0. The SMILES string of the molecule is O=C(O)c1cccc2c3cccccc-3nc12. The number of fused-ring (bicyclic) bond motifs is 3. The van der Waals surface area contributed by atoms with Crippen molar-refractivity contribution in [1.29, 1.82) is 0 Å². The summed E-state index contributed by atoms with van der Waals surface area (Å²) in [5, 5.41) is 10.0. The number of hydrogen-bond donors (Lipinski definition) is 1. The van der Waals surface area contributed by atoms with E-state index in [1.54, 1.807) is 12.1 Å². The number of hydrogen-bond acceptors (Lipinski definition) is 2. The van der Waals surface area contributed by atoms with E-state index < -0.39 is 5.97 Å². The van der Waals surface area contributed by atoms with Crippen LogP contribution in [-0.4, -0.2) is 16.1 Å². The lowest BCUT2D eigenvalue weighted by Crippen LogP contribution is -1.96. The van der Waals surface area contributed by atoms with Crippen molar-refractivity contribution in [2.45, 2.75) is 0 Å². The molecule has 0 saturated carbocycles. The van der Waals surface area contributed by atoms with Gasteiger partial charge in [-0.1, -0.05) is 36.4 Å². The summed E-state index contributed by atoms with van der Waals surface area (Å²) in [5.74, 6) is -0.942. The number of carbonyl (C=O) groups is 1. The van der Waals surface area contributed by atoms with Gasteiger partial charge in [0.25, 0.3) is 0 Å². The maximum atomic E-state index is 11.1. The van der Waals surface area contributed by atoms with Gasteiger partial charge in [0.05, 0.1) is 16.8 Å². The molecule has 1 aliphatic heterocycles. The zero-order valence-electron chi connectivity index (χ0n) is 8.92. The number of rotatable bonds is 1. The molecule has 1 aromatic carbocycles. The summed E-state index contributed by atoms with van der Waals surface area (Å²) in [6.45, 7) is 0. The lowest BCUT2D eigenvalue weighted by atomic mass is 10.1. The van der Waals surface area contributed by atoms with Crippen molar-refractivity contribution in [1.82, 2.24) is 4.98 Å². The quantitative estimate of drug-likeness (QED) is 0.689. The zero-order valence-corrected chi connectivity index (χ0v) is 8.92. The summed E-state index contributed by atoms with van der Waals surface area (Å²) in [6, 6.07) is 14.8. The first-order chi connectivity index (χ1) is 8.27. The molecule has 0 bridgehead atoms. The van der Waals surface area contributed by atoms with Gasteiger partial charge in [-0.2, -0.15) is 0 Å². The molecule has 0 fully saturated rings. The zero-order chi connectivity index (χ0) is 11.8. The van der Waals surface area contributed by atoms with Crippen molar-refractivity contribution in [3.8, 4) is 11.3 Å². The number of carboxylic acid groups (broad SMARTS) is 1. The molecular formula is C14H9NO2. The second-order valence-electron chi connectivity index (χ2n) is 3.83. The average Bonchev–Trinajstić information content (AvgIpc) is 2.52. The van der Waals surface area contributed by atoms with Gasteiger partial charge in [0.1, 0.15) is 0 Å². The average molecular weight is 223 g/mol. The molecule has 1 aromatic rings. The van der Waals surface area contributed by atoms with Crippen LogP contribution >= 0.6 is 0 Å². The molecule has 0 atom stereocenters. The van der Waals surface area contributed by atoms with Crippen LogP contribution in [0.25, 0.3) is 22.2 Å². The van der Waals surface area contributed by atoms with Gasteiger partial charge in [0.15, 0.2) is 0 Å². The lowest BCUT2D eigenvalue weighted by Gasteiger charge is -1.95. The number of carboxylic acids is 1. The summed E-state index contributed by atoms with van der Waals surface area (Å²) in [6.07, 6.45) is 0. The highest BCUT2D eigenvalue weighted by molar-refractivity contribution is 6.07. The van der Waals surface area contributed by atoms with E-state index in [0.29, 0.717) is 5.52 Å². The number of benzene rings is 1. The highest BCUT2D eigenvalue weighted by Gasteiger charge is 2.15. The molecule has 1 heterocycles. The summed E-state index contributed by atoms with van der Waals surface area (Å²) in [5.41, 5.74) is 2.61. The molecule has 17 heavy (non-hydrogen) atoms. The maximum absolute atomic E-state index is 11.1. The number of nitrogens with zero attached hydrogens (tertiary/aromatic N) is 1. The first-order valence-corrected chi connectivity index (χ1v) is 5.28. The highest BCUT2D eigenvalue weighted by Crippen LogP contribution is 2.31. The molecule has 3 rings (SSSR count). The topological polar surface area (TPSA) is 50.2 Å². The summed E-state index contributed by atoms with van der Waals surface area (Å²) in [7, 11) is 0. The Balaban J connectivity index is 2.48. The molecule has 82 valence electrons. The molecule has 0 spiro atoms. The van der Waals surface area contributed by atoms with E-state index in [-0.39, 0.29) is 5.56 Å². The molecule has 3 heteroatoms. The van der Waals surface area contributed by atoms with Gasteiger partial charge in [-0.3, -0.25) is 0 Å². The molecule has 0 aromatic heterocycles. The van der Waals surface area contributed by atoms with Crippen molar-refractivity contribution >= 4 is 16.9 Å². The van der Waals surface area contributed by atoms with E-state index in [1.807, 2.05) is 36.4 Å². The van der Waals surface area contributed by atoms with Crippen molar-refractivity contribution in [3.63, 3.8) is 0 Å². The Labute approximate surface area is 97.7 Å². The van der Waals surface area contributed by atoms with Crippen LogP contribution in [0.2, 0.25) is 0 Å². The molecule has 3 nitrogen and oxygen atoms in total. The Morgan fingerprint density at radius 2 is 1.82 bits per heavy atom. The van der Waals surface area contributed by atoms with Crippen LogP contribution < -0.4 is 0 Å². The van der Waals surface area contributed by atoms with E-state index in [1.165, 1.54) is 0 Å². The van der Waals surface area contributed by atoms with Gasteiger partial charge in [-0.15, -0.1) is 0 Å². The monoisotopic (exact) mass is 223 g/mol. The van der Waals surface area contributed by atoms with Crippen LogP contribution in [0.15, 0.2) is 48.5 Å². The van der Waals surface area contributed by atoms with Crippen LogP contribution in [0, 0.1) is 0 Å². The van der Waals surface area contributed by atoms with Crippen LogP contribution in [0.4, 0.5) is 0 Å². The molecule has 0 amide bonds. The Bertz CT molecular complexity index is 691. The van der Waals surface area contributed by atoms with Gasteiger partial charge in [0.2, 0.25) is 0 Å². The molecular weight excluding hydrogens is 214 g/mol. The van der Waals surface area contributed by atoms with Crippen molar-refractivity contribution in [2.75, 3.05) is 0 Å². The van der Waals surface area contributed by atoms with Gasteiger partial charge >= 0.3 is 5.97 Å². The smallest absolute Gasteiger partial charge is 0.337 e. The standard InChI is InChI=1S/C14H9NO2/c16-14(17)11-7-4-6-10-9-5-2-1-3-8-12(9)15-13(10)11/h1-8H,(H,16,17). The molecule has 1 N–H and O–H groups in total. The molecule has 0 saturated heterocycles. The maximum Gasteiger partial charge on any atom is 0.337 e. The third-order valence-electron chi connectivity index (χ3n) is 2.80. The number of aromatic carboxylic acids is 1. The fourth-order valence-electron chi connectivity index (χ4n) is 2.04. The number of para-hydroxylation sites is 1. The van der Waals surface area contributed by atoms with Gasteiger partial charge in [-0.05, 0) is 12.1 Å². The second kappa shape index (κ2) is 3.56. The van der Waals surface area contributed by atoms with E-state index in [2.05, 4.69) is 4.98 Å². The lowest BCUT2D eigenvalue weighted by molar-refractivity contribution is 0.0699. The summed E-state index contributed by atoms with van der Waals surface area (Å²) >= 11 is 0. The van der Waals surface area contributed by atoms with E-state index in [0.717, 1.165) is 16.6 Å². The fraction of sp³-hybridized carbons (Fsp3) is 0. The van der Waals surface area contributed by atoms with Crippen LogP contribution in [-0.2, 0) is 0 Å². The third kappa shape index (κ3) is 1.44. The largest absolute Gasteiger partial charge is 0.478 e.